The van der Waals surface area contributed by atoms with Gasteiger partial charge in [0.1, 0.15) is 5.54 Å². The van der Waals surface area contributed by atoms with Gasteiger partial charge in [-0.05, 0) is 30.0 Å². The number of nitrogens with one attached hydrogen (secondary N) is 3. The summed E-state index contributed by atoms with van der Waals surface area (Å²) in [4.78, 5) is 25.3. The molecule has 2 aromatic rings. The molecule has 0 heterocycles. The molecule has 1 fully saturated rings. The van der Waals surface area contributed by atoms with Gasteiger partial charge in [-0.1, -0.05) is 73.0 Å². The number of carbonyl (C=O) groups excluding carboxylic acids is 2. The van der Waals surface area contributed by atoms with E-state index in [0.717, 1.165) is 24.0 Å². The molecule has 0 atom stereocenters. The van der Waals surface area contributed by atoms with E-state index in [9.17, 15) is 9.59 Å². The second kappa shape index (κ2) is 8.91. The highest BCUT2D eigenvalue weighted by atomic mass is 35.5. The largest absolute Gasteiger partial charge is 0.350 e. The molecular formula is C21H24ClN3O2. The summed E-state index contributed by atoms with van der Waals surface area (Å²) in [5.74, 6) is -0.158. The third-order valence-electron chi connectivity index (χ3n) is 4.94. The lowest BCUT2D eigenvalue weighted by atomic mass is 9.96. The summed E-state index contributed by atoms with van der Waals surface area (Å²) in [6.07, 6.45) is 3.11. The van der Waals surface area contributed by atoms with Crippen molar-refractivity contribution in [3.63, 3.8) is 0 Å². The van der Waals surface area contributed by atoms with Crippen LogP contribution in [0.15, 0.2) is 54.6 Å². The van der Waals surface area contributed by atoms with Crippen LogP contribution in [0.4, 0.5) is 4.79 Å². The summed E-state index contributed by atoms with van der Waals surface area (Å²) in [6, 6.07) is 16.8. The first-order chi connectivity index (χ1) is 13.1. The van der Waals surface area contributed by atoms with E-state index in [1.807, 2.05) is 48.5 Å². The number of rotatable bonds is 6. The van der Waals surface area contributed by atoms with Gasteiger partial charge in [-0.25, -0.2) is 4.79 Å². The van der Waals surface area contributed by atoms with Crippen molar-refractivity contribution in [3.05, 3.63) is 70.7 Å². The topological polar surface area (TPSA) is 70.2 Å². The predicted molar refractivity (Wildman–Crippen MR) is 106 cm³/mol. The van der Waals surface area contributed by atoms with E-state index < -0.39 is 5.54 Å². The van der Waals surface area contributed by atoms with Crippen molar-refractivity contribution >= 4 is 23.5 Å². The molecule has 3 amide bonds. The normalized spacial score (nSPS) is 15.1. The monoisotopic (exact) mass is 385 g/mol. The average Bonchev–Trinajstić information content (AvgIpc) is 3.16. The van der Waals surface area contributed by atoms with Gasteiger partial charge in [0.25, 0.3) is 0 Å². The van der Waals surface area contributed by atoms with E-state index in [-0.39, 0.29) is 11.9 Å². The molecule has 0 aliphatic heterocycles. The summed E-state index contributed by atoms with van der Waals surface area (Å²) in [5.41, 5.74) is 1.01. The smallest absolute Gasteiger partial charge is 0.315 e. The van der Waals surface area contributed by atoms with Crippen molar-refractivity contribution in [3.8, 4) is 0 Å². The van der Waals surface area contributed by atoms with Crippen molar-refractivity contribution < 1.29 is 9.59 Å². The third kappa shape index (κ3) is 5.01. The van der Waals surface area contributed by atoms with Crippen molar-refractivity contribution in [2.24, 2.45) is 0 Å². The van der Waals surface area contributed by atoms with Crippen LogP contribution in [0.3, 0.4) is 0 Å². The lowest BCUT2D eigenvalue weighted by Crippen LogP contribution is -2.59. The highest BCUT2D eigenvalue weighted by Gasteiger charge is 2.42. The van der Waals surface area contributed by atoms with E-state index >= 15 is 0 Å². The number of urea groups is 1. The van der Waals surface area contributed by atoms with E-state index in [4.69, 9.17) is 11.6 Å². The van der Waals surface area contributed by atoms with Gasteiger partial charge in [-0.3, -0.25) is 4.79 Å². The van der Waals surface area contributed by atoms with E-state index in [2.05, 4.69) is 16.0 Å². The fourth-order valence-electron chi connectivity index (χ4n) is 3.41. The second-order valence-electron chi connectivity index (χ2n) is 6.86. The van der Waals surface area contributed by atoms with E-state index in [1.165, 1.54) is 0 Å². The Labute approximate surface area is 164 Å². The quantitative estimate of drug-likeness (QED) is 0.708. The maximum Gasteiger partial charge on any atom is 0.315 e. The van der Waals surface area contributed by atoms with Gasteiger partial charge in [-0.2, -0.15) is 0 Å². The van der Waals surface area contributed by atoms with Gasteiger partial charge < -0.3 is 16.0 Å². The Morgan fingerprint density at radius 1 is 0.889 bits per heavy atom. The van der Waals surface area contributed by atoms with E-state index in [1.54, 1.807) is 6.07 Å². The molecule has 0 spiro atoms. The minimum absolute atomic E-state index is 0.158. The molecule has 2 aromatic carbocycles. The fraction of sp³-hybridized carbons (Fsp3) is 0.333. The van der Waals surface area contributed by atoms with Gasteiger partial charge in [0, 0.05) is 18.1 Å². The molecule has 0 radical (unpaired) electrons. The molecule has 0 aromatic heterocycles. The van der Waals surface area contributed by atoms with Crippen LogP contribution in [0.2, 0.25) is 5.02 Å². The minimum Gasteiger partial charge on any atom is -0.350 e. The molecule has 27 heavy (non-hydrogen) atoms. The van der Waals surface area contributed by atoms with Gasteiger partial charge in [-0.15, -0.1) is 0 Å². The van der Waals surface area contributed by atoms with Crippen molar-refractivity contribution in [2.45, 2.75) is 44.3 Å². The molecule has 3 N–H and O–H groups in total. The number of benzene rings is 2. The average molecular weight is 386 g/mol. The summed E-state index contributed by atoms with van der Waals surface area (Å²) < 4.78 is 0. The van der Waals surface area contributed by atoms with Crippen LogP contribution in [0.5, 0.6) is 0 Å². The third-order valence-corrected chi connectivity index (χ3v) is 5.31. The molecule has 1 aliphatic rings. The van der Waals surface area contributed by atoms with Crippen LogP contribution in [0.1, 0.15) is 36.8 Å². The molecule has 6 heteroatoms. The number of carbonyl (C=O) groups is 2. The molecule has 142 valence electrons. The summed E-state index contributed by atoms with van der Waals surface area (Å²) in [7, 11) is 0. The number of halogens is 1. The predicted octanol–water partition coefficient (Wildman–Crippen LogP) is 3.77. The number of amides is 3. The first-order valence-electron chi connectivity index (χ1n) is 9.21. The summed E-state index contributed by atoms with van der Waals surface area (Å²) in [6.45, 7) is 0.761. The lowest BCUT2D eigenvalue weighted by Gasteiger charge is -2.29. The first kappa shape index (κ1) is 19.2. The maximum atomic E-state index is 12.9. The maximum absolute atomic E-state index is 12.9. The molecule has 1 aliphatic carbocycles. The molecule has 5 nitrogen and oxygen atoms in total. The van der Waals surface area contributed by atoms with Crippen molar-refractivity contribution in [2.75, 3.05) is 0 Å². The van der Waals surface area contributed by atoms with Crippen LogP contribution in [0, 0.1) is 0 Å². The van der Waals surface area contributed by atoms with Crippen molar-refractivity contribution in [1.82, 2.24) is 16.0 Å². The first-order valence-corrected chi connectivity index (χ1v) is 9.58. The zero-order valence-corrected chi connectivity index (χ0v) is 15.9. The van der Waals surface area contributed by atoms with Gasteiger partial charge in [0.05, 0.1) is 0 Å². The van der Waals surface area contributed by atoms with Gasteiger partial charge in [0.2, 0.25) is 5.91 Å². The zero-order chi connectivity index (χ0) is 19.1. The van der Waals surface area contributed by atoms with Gasteiger partial charge in [0.15, 0.2) is 0 Å². The highest BCUT2D eigenvalue weighted by molar-refractivity contribution is 6.31. The van der Waals surface area contributed by atoms with Crippen LogP contribution in [-0.2, 0) is 17.9 Å². The fourth-order valence-corrected chi connectivity index (χ4v) is 3.62. The summed E-state index contributed by atoms with van der Waals surface area (Å²) >= 11 is 6.15. The summed E-state index contributed by atoms with van der Waals surface area (Å²) in [5, 5.41) is 9.31. The van der Waals surface area contributed by atoms with Crippen LogP contribution >= 0.6 is 11.6 Å². The van der Waals surface area contributed by atoms with E-state index in [0.29, 0.717) is 31.0 Å². The number of hydrogen-bond acceptors (Lipinski definition) is 2. The van der Waals surface area contributed by atoms with Crippen molar-refractivity contribution in [1.29, 1.82) is 0 Å². The van der Waals surface area contributed by atoms with Gasteiger partial charge >= 0.3 is 6.03 Å². The zero-order valence-electron chi connectivity index (χ0n) is 15.1. The molecule has 1 saturated carbocycles. The Kier molecular flexibility index (Phi) is 6.35. The Bertz CT molecular complexity index is 789. The molecule has 0 unspecified atom stereocenters. The number of hydrogen-bond donors (Lipinski definition) is 3. The Hall–Kier alpha value is -2.53. The second-order valence-corrected chi connectivity index (χ2v) is 7.26. The Morgan fingerprint density at radius 2 is 1.56 bits per heavy atom. The van der Waals surface area contributed by atoms with Crippen LogP contribution < -0.4 is 16.0 Å². The molecule has 3 rings (SSSR count). The van der Waals surface area contributed by atoms with Crippen LogP contribution in [-0.4, -0.2) is 17.5 Å². The molecule has 0 bridgehead atoms. The standard InChI is InChI=1S/C21H24ClN3O2/c22-18-11-5-4-10-17(18)15-23-19(26)21(12-6-7-13-21)25-20(27)24-14-16-8-2-1-3-9-16/h1-5,8-11H,6-7,12-15H2,(H,23,26)(H2,24,25,27). The minimum atomic E-state index is -0.859. The SMILES string of the molecule is O=C(NCc1ccccc1)NC1(C(=O)NCc2ccccc2Cl)CCCC1. The highest BCUT2D eigenvalue weighted by Crippen LogP contribution is 2.30. The lowest BCUT2D eigenvalue weighted by molar-refractivity contribution is -0.127. The molecular weight excluding hydrogens is 362 g/mol. The Morgan fingerprint density at radius 3 is 2.26 bits per heavy atom. The Balaban J connectivity index is 1.58. The molecule has 0 saturated heterocycles. The van der Waals surface area contributed by atoms with Crippen LogP contribution in [0.25, 0.3) is 0 Å².